The number of hydrogen-bond acceptors (Lipinski definition) is 1. The van der Waals surface area contributed by atoms with E-state index in [0.717, 1.165) is 0 Å². The molecule has 0 saturated carbocycles. The number of hydrogen-bond donors (Lipinski definition) is 0. The van der Waals surface area contributed by atoms with Crippen molar-refractivity contribution in [3.63, 3.8) is 0 Å². The van der Waals surface area contributed by atoms with Gasteiger partial charge in [0.25, 0.3) is 6.43 Å². The van der Waals surface area contributed by atoms with Crippen LogP contribution < -0.4 is 0 Å². The van der Waals surface area contributed by atoms with Crippen molar-refractivity contribution in [1.82, 2.24) is 0 Å². The molecular weight excluding hydrogens is 150 g/mol. The van der Waals surface area contributed by atoms with Crippen LogP contribution in [-0.4, -0.2) is 12.2 Å². The fourth-order valence-corrected chi connectivity index (χ4v) is 0.852. The molecule has 0 aromatic carbocycles. The highest BCUT2D eigenvalue weighted by atomic mass is 19.3. The van der Waals surface area contributed by atoms with Gasteiger partial charge >= 0.3 is 0 Å². The van der Waals surface area contributed by atoms with Crippen LogP contribution in [0.1, 0.15) is 27.7 Å². The molecule has 0 aromatic rings. The molecule has 0 unspecified atom stereocenters. The second-order valence-corrected chi connectivity index (χ2v) is 3.54. The smallest absolute Gasteiger partial charge is 0.250 e. The van der Waals surface area contributed by atoms with E-state index in [1.54, 1.807) is 13.8 Å². The number of carbonyl (C=O) groups is 1. The van der Waals surface area contributed by atoms with Gasteiger partial charge in [-0.05, 0) is 13.8 Å². The Morgan fingerprint density at radius 3 is 1.73 bits per heavy atom. The maximum absolute atomic E-state index is 12.2. The van der Waals surface area contributed by atoms with Crippen molar-refractivity contribution in [1.29, 1.82) is 0 Å². The number of Topliss-reactive ketones (excluding diaryl/α,β-unsaturated/α-hetero) is 1. The first-order valence-electron chi connectivity index (χ1n) is 3.62. The first-order chi connectivity index (χ1) is 4.80. The van der Waals surface area contributed by atoms with Crippen LogP contribution in [0.5, 0.6) is 0 Å². The highest BCUT2D eigenvalue weighted by molar-refractivity contribution is 5.86. The Kier molecular flexibility index (Phi) is 3.14. The minimum absolute atomic E-state index is 0.320. The molecule has 0 saturated heterocycles. The standard InChI is InChI=1S/C8H14F2O/c1-5(2)6(11)8(3,4)7(9)10/h5,7H,1-4H3. The molecule has 0 spiro atoms. The molecule has 0 N–H and O–H groups in total. The molecule has 0 radical (unpaired) electrons. The summed E-state index contributed by atoms with van der Waals surface area (Å²) < 4.78 is 24.4. The lowest BCUT2D eigenvalue weighted by molar-refractivity contribution is -0.138. The third-order valence-corrected chi connectivity index (χ3v) is 1.70. The lowest BCUT2D eigenvalue weighted by Crippen LogP contribution is -2.35. The van der Waals surface area contributed by atoms with E-state index in [1.165, 1.54) is 13.8 Å². The molecule has 0 amide bonds. The Bertz CT molecular complexity index is 150. The lowest BCUT2D eigenvalue weighted by atomic mass is 9.83. The second-order valence-electron chi connectivity index (χ2n) is 3.54. The summed E-state index contributed by atoms with van der Waals surface area (Å²) >= 11 is 0. The van der Waals surface area contributed by atoms with Gasteiger partial charge in [0, 0.05) is 5.92 Å². The molecule has 66 valence electrons. The quantitative estimate of drug-likeness (QED) is 0.626. The van der Waals surface area contributed by atoms with Crippen LogP contribution in [0.2, 0.25) is 0 Å². The van der Waals surface area contributed by atoms with Crippen molar-refractivity contribution in [3.05, 3.63) is 0 Å². The summed E-state index contributed by atoms with van der Waals surface area (Å²) in [7, 11) is 0. The van der Waals surface area contributed by atoms with Gasteiger partial charge in [-0.1, -0.05) is 13.8 Å². The number of halogens is 2. The van der Waals surface area contributed by atoms with Crippen molar-refractivity contribution in [3.8, 4) is 0 Å². The second kappa shape index (κ2) is 3.28. The van der Waals surface area contributed by atoms with E-state index in [9.17, 15) is 13.6 Å². The normalized spacial score (nSPS) is 12.7. The molecule has 3 heteroatoms. The molecule has 0 heterocycles. The minimum Gasteiger partial charge on any atom is -0.299 e. The zero-order valence-electron chi connectivity index (χ0n) is 7.32. The van der Waals surface area contributed by atoms with Crippen molar-refractivity contribution < 1.29 is 13.6 Å². The molecule has 0 atom stereocenters. The van der Waals surface area contributed by atoms with Crippen LogP contribution in [0, 0.1) is 11.3 Å². The molecule has 0 rings (SSSR count). The van der Waals surface area contributed by atoms with Gasteiger partial charge in [-0.25, -0.2) is 8.78 Å². The van der Waals surface area contributed by atoms with Gasteiger partial charge in [-0.2, -0.15) is 0 Å². The van der Waals surface area contributed by atoms with Crippen LogP contribution in [0.4, 0.5) is 8.78 Å². The number of ketones is 1. The minimum atomic E-state index is -2.57. The fourth-order valence-electron chi connectivity index (χ4n) is 0.852. The fraction of sp³-hybridized carbons (Fsp3) is 0.875. The van der Waals surface area contributed by atoms with Gasteiger partial charge in [0.05, 0.1) is 5.41 Å². The molecule has 0 fully saturated rings. The molecule has 0 aromatic heterocycles. The molecule has 0 aliphatic rings. The van der Waals surface area contributed by atoms with Crippen molar-refractivity contribution in [2.24, 2.45) is 11.3 Å². The Balaban J connectivity index is 4.43. The topological polar surface area (TPSA) is 17.1 Å². The summed E-state index contributed by atoms with van der Waals surface area (Å²) in [6.45, 7) is 5.82. The maximum Gasteiger partial charge on any atom is 0.250 e. The number of carbonyl (C=O) groups excluding carboxylic acids is 1. The van der Waals surface area contributed by atoms with E-state index < -0.39 is 11.8 Å². The van der Waals surface area contributed by atoms with E-state index in [4.69, 9.17) is 0 Å². The Labute approximate surface area is 65.8 Å². The summed E-state index contributed by atoms with van der Waals surface area (Å²) in [6.07, 6.45) is -2.57. The lowest BCUT2D eigenvalue weighted by Gasteiger charge is -2.23. The van der Waals surface area contributed by atoms with E-state index in [-0.39, 0.29) is 11.7 Å². The van der Waals surface area contributed by atoms with Gasteiger partial charge in [0.1, 0.15) is 5.78 Å². The summed E-state index contributed by atoms with van der Waals surface area (Å²) in [5.41, 5.74) is -1.49. The third-order valence-electron chi connectivity index (χ3n) is 1.70. The number of rotatable bonds is 3. The highest BCUT2D eigenvalue weighted by Gasteiger charge is 2.38. The van der Waals surface area contributed by atoms with Crippen LogP contribution in [0.3, 0.4) is 0 Å². The first kappa shape index (κ1) is 10.5. The average Bonchev–Trinajstić information content (AvgIpc) is 1.85. The monoisotopic (exact) mass is 164 g/mol. The Morgan fingerprint density at radius 2 is 1.64 bits per heavy atom. The summed E-state index contributed by atoms with van der Waals surface area (Å²) in [5, 5.41) is 0. The van der Waals surface area contributed by atoms with Crippen LogP contribution in [-0.2, 0) is 4.79 Å². The first-order valence-corrected chi connectivity index (χ1v) is 3.62. The van der Waals surface area contributed by atoms with Crippen LogP contribution in [0.15, 0.2) is 0 Å². The predicted octanol–water partition coefficient (Wildman–Crippen LogP) is 2.50. The van der Waals surface area contributed by atoms with Crippen molar-refractivity contribution >= 4 is 5.78 Å². The van der Waals surface area contributed by atoms with E-state index in [0.29, 0.717) is 0 Å². The van der Waals surface area contributed by atoms with Crippen LogP contribution in [0.25, 0.3) is 0 Å². The van der Waals surface area contributed by atoms with Crippen molar-refractivity contribution in [2.45, 2.75) is 34.1 Å². The molecule has 1 nitrogen and oxygen atoms in total. The molecular formula is C8H14F2O. The van der Waals surface area contributed by atoms with E-state index in [2.05, 4.69) is 0 Å². The van der Waals surface area contributed by atoms with E-state index in [1.807, 2.05) is 0 Å². The molecule has 0 bridgehead atoms. The van der Waals surface area contributed by atoms with Gasteiger partial charge < -0.3 is 0 Å². The largest absolute Gasteiger partial charge is 0.299 e. The SMILES string of the molecule is CC(C)C(=O)C(C)(C)C(F)F. The van der Waals surface area contributed by atoms with Gasteiger partial charge in [-0.15, -0.1) is 0 Å². The van der Waals surface area contributed by atoms with Crippen molar-refractivity contribution in [2.75, 3.05) is 0 Å². The van der Waals surface area contributed by atoms with Crippen LogP contribution >= 0.6 is 0 Å². The zero-order valence-corrected chi connectivity index (χ0v) is 7.32. The summed E-state index contributed by atoms with van der Waals surface area (Å²) in [4.78, 5) is 11.1. The molecule has 0 aliphatic heterocycles. The summed E-state index contributed by atoms with van der Waals surface area (Å²) in [5.74, 6) is -0.702. The summed E-state index contributed by atoms with van der Waals surface area (Å²) in [6, 6.07) is 0. The Morgan fingerprint density at radius 1 is 1.27 bits per heavy atom. The average molecular weight is 164 g/mol. The third kappa shape index (κ3) is 2.24. The van der Waals surface area contributed by atoms with Gasteiger partial charge in [0.15, 0.2) is 0 Å². The molecule has 0 aliphatic carbocycles. The number of alkyl halides is 2. The molecule has 11 heavy (non-hydrogen) atoms. The van der Waals surface area contributed by atoms with E-state index >= 15 is 0 Å². The Hall–Kier alpha value is -0.470. The maximum atomic E-state index is 12.2. The zero-order chi connectivity index (χ0) is 9.23. The predicted molar refractivity (Wildman–Crippen MR) is 39.6 cm³/mol. The van der Waals surface area contributed by atoms with Gasteiger partial charge in [-0.3, -0.25) is 4.79 Å². The highest BCUT2D eigenvalue weighted by Crippen LogP contribution is 2.28. The van der Waals surface area contributed by atoms with Gasteiger partial charge in [0.2, 0.25) is 0 Å².